The second kappa shape index (κ2) is 4.43. The molecule has 1 aromatic carbocycles. The Kier molecular flexibility index (Phi) is 3.07. The number of ether oxygens (including phenoxy) is 1. The number of ketones is 1. The second-order valence-electron chi connectivity index (χ2n) is 6.39. The van der Waals surface area contributed by atoms with Crippen molar-refractivity contribution in [1.29, 1.82) is 0 Å². The van der Waals surface area contributed by atoms with E-state index in [9.17, 15) is 9.90 Å². The molecule has 0 amide bonds. The van der Waals surface area contributed by atoms with E-state index in [0.29, 0.717) is 29.7 Å². The SMILES string of the molecule is CC1(C)CC(=O)C2=C(C1)OC[C@]2(O)c1ccc(Br)cc1. The van der Waals surface area contributed by atoms with Gasteiger partial charge in [-0.3, -0.25) is 4.79 Å². The van der Waals surface area contributed by atoms with Gasteiger partial charge in [0.25, 0.3) is 0 Å². The van der Waals surface area contributed by atoms with Crippen LogP contribution in [0.4, 0.5) is 0 Å². The Morgan fingerprint density at radius 1 is 1.20 bits per heavy atom. The van der Waals surface area contributed by atoms with E-state index in [4.69, 9.17) is 4.74 Å². The molecule has 0 unspecified atom stereocenters. The quantitative estimate of drug-likeness (QED) is 0.855. The van der Waals surface area contributed by atoms with Crippen LogP contribution >= 0.6 is 15.9 Å². The van der Waals surface area contributed by atoms with Gasteiger partial charge in [-0.2, -0.15) is 0 Å². The fourth-order valence-electron chi connectivity index (χ4n) is 3.07. The molecule has 1 aromatic rings. The molecule has 1 atom stereocenters. The summed E-state index contributed by atoms with van der Waals surface area (Å²) in [4.78, 5) is 12.4. The third-order valence-corrected chi connectivity index (χ3v) is 4.56. The summed E-state index contributed by atoms with van der Waals surface area (Å²) in [6.45, 7) is 4.23. The van der Waals surface area contributed by atoms with E-state index in [0.717, 1.165) is 4.47 Å². The van der Waals surface area contributed by atoms with Gasteiger partial charge in [-0.15, -0.1) is 0 Å². The molecular formula is C16H17BrO3. The third-order valence-electron chi connectivity index (χ3n) is 4.03. The first kappa shape index (κ1) is 13.8. The van der Waals surface area contributed by atoms with E-state index >= 15 is 0 Å². The fourth-order valence-corrected chi connectivity index (χ4v) is 3.33. The largest absolute Gasteiger partial charge is 0.494 e. The van der Waals surface area contributed by atoms with Crippen molar-refractivity contribution in [3.05, 3.63) is 45.6 Å². The zero-order valence-electron chi connectivity index (χ0n) is 11.6. The first-order valence-corrected chi connectivity index (χ1v) is 7.49. The Labute approximate surface area is 126 Å². The molecule has 106 valence electrons. The number of benzene rings is 1. The number of rotatable bonds is 1. The minimum atomic E-state index is -1.30. The highest BCUT2D eigenvalue weighted by atomic mass is 79.9. The van der Waals surface area contributed by atoms with Crippen LogP contribution in [0.5, 0.6) is 0 Å². The van der Waals surface area contributed by atoms with Crippen LogP contribution in [0, 0.1) is 5.41 Å². The van der Waals surface area contributed by atoms with Crippen molar-refractivity contribution in [3.8, 4) is 0 Å². The normalized spacial score (nSPS) is 28.3. The minimum absolute atomic E-state index is 0.000770. The number of Topliss-reactive ketones (excluding diaryl/α,β-unsaturated/α-hetero) is 1. The van der Waals surface area contributed by atoms with Gasteiger partial charge < -0.3 is 9.84 Å². The summed E-state index contributed by atoms with van der Waals surface area (Å²) in [6.07, 6.45) is 1.15. The molecule has 20 heavy (non-hydrogen) atoms. The van der Waals surface area contributed by atoms with E-state index in [1.807, 2.05) is 24.3 Å². The van der Waals surface area contributed by atoms with E-state index in [2.05, 4.69) is 29.8 Å². The topological polar surface area (TPSA) is 46.5 Å². The number of carbonyl (C=O) groups excluding carboxylic acids is 1. The van der Waals surface area contributed by atoms with Gasteiger partial charge in [0.05, 0.1) is 5.57 Å². The van der Waals surface area contributed by atoms with Crippen LogP contribution in [-0.4, -0.2) is 17.5 Å². The molecule has 0 fully saturated rings. The molecule has 0 radical (unpaired) electrons. The molecule has 0 spiro atoms. The predicted octanol–water partition coefficient (Wildman–Crippen LogP) is 3.31. The Balaban J connectivity index is 2.06. The molecule has 0 aromatic heterocycles. The molecule has 0 bridgehead atoms. The first-order chi connectivity index (χ1) is 9.32. The zero-order valence-corrected chi connectivity index (χ0v) is 13.2. The lowest BCUT2D eigenvalue weighted by Gasteiger charge is -2.31. The highest BCUT2D eigenvalue weighted by Gasteiger charge is 2.50. The molecular weight excluding hydrogens is 320 g/mol. The van der Waals surface area contributed by atoms with E-state index < -0.39 is 5.60 Å². The molecule has 0 saturated heterocycles. The van der Waals surface area contributed by atoms with Crippen molar-refractivity contribution in [2.45, 2.75) is 32.3 Å². The second-order valence-corrected chi connectivity index (χ2v) is 7.31. The van der Waals surface area contributed by atoms with Gasteiger partial charge in [-0.25, -0.2) is 0 Å². The molecule has 0 saturated carbocycles. The molecule has 2 aliphatic rings. The number of halogens is 1. The summed E-state index contributed by atoms with van der Waals surface area (Å²) in [6, 6.07) is 7.39. The standard InChI is InChI=1S/C16H17BrO3/c1-15(2)7-12(18)14-13(8-15)20-9-16(14,19)10-3-5-11(17)6-4-10/h3-6,19H,7-9H2,1-2H3/t16-/m0/s1. The molecule has 3 rings (SSSR count). The monoisotopic (exact) mass is 336 g/mol. The number of aliphatic hydroxyl groups is 1. The van der Waals surface area contributed by atoms with E-state index in [1.165, 1.54) is 0 Å². The Hall–Kier alpha value is -1.13. The average molecular weight is 337 g/mol. The van der Waals surface area contributed by atoms with Gasteiger partial charge in [0.1, 0.15) is 12.4 Å². The number of carbonyl (C=O) groups is 1. The van der Waals surface area contributed by atoms with Crippen molar-refractivity contribution >= 4 is 21.7 Å². The van der Waals surface area contributed by atoms with Crippen molar-refractivity contribution in [1.82, 2.24) is 0 Å². The minimum Gasteiger partial charge on any atom is -0.494 e. The maximum Gasteiger partial charge on any atom is 0.166 e. The fraction of sp³-hybridized carbons (Fsp3) is 0.438. The van der Waals surface area contributed by atoms with Gasteiger partial charge >= 0.3 is 0 Å². The third kappa shape index (κ3) is 2.11. The van der Waals surface area contributed by atoms with Crippen LogP contribution in [0.25, 0.3) is 0 Å². The Morgan fingerprint density at radius 2 is 1.85 bits per heavy atom. The van der Waals surface area contributed by atoms with Gasteiger partial charge in [0.2, 0.25) is 0 Å². The first-order valence-electron chi connectivity index (χ1n) is 6.70. The summed E-state index contributed by atoms with van der Waals surface area (Å²) in [7, 11) is 0. The number of hydrogen-bond acceptors (Lipinski definition) is 3. The maximum absolute atomic E-state index is 12.4. The molecule has 1 aliphatic carbocycles. The van der Waals surface area contributed by atoms with Crippen molar-refractivity contribution in [2.24, 2.45) is 5.41 Å². The van der Waals surface area contributed by atoms with Crippen molar-refractivity contribution in [2.75, 3.05) is 6.61 Å². The summed E-state index contributed by atoms with van der Waals surface area (Å²) in [5.41, 5.74) is -0.234. The molecule has 4 heteroatoms. The summed E-state index contributed by atoms with van der Waals surface area (Å²) in [5.74, 6) is 0.663. The van der Waals surface area contributed by atoms with Crippen molar-refractivity contribution in [3.63, 3.8) is 0 Å². The van der Waals surface area contributed by atoms with Crippen LogP contribution in [0.1, 0.15) is 32.3 Å². The van der Waals surface area contributed by atoms with Crippen LogP contribution in [-0.2, 0) is 15.1 Å². The number of allylic oxidation sites excluding steroid dienone is 1. The highest BCUT2D eigenvalue weighted by molar-refractivity contribution is 9.10. The van der Waals surface area contributed by atoms with Gasteiger partial charge in [-0.1, -0.05) is 41.9 Å². The van der Waals surface area contributed by atoms with Crippen molar-refractivity contribution < 1.29 is 14.6 Å². The molecule has 1 aliphatic heterocycles. The van der Waals surface area contributed by atoms with Crippen LogP contribution in [0.2, 0.25) is 0 Å². The molecule has 3 nitrogen and oxygen atoms in total. The summed E-state index contributed by atoms with van der Waals surface area (Å²) in [5, 5.41) is 11.0. The van der Waals surface area contributed by atoms with Gasteiger partial charge in [0.15, 0.2) is 11.4 Å². The predicted molar refractivity (Wildman–Crippen MR) is 79.0 cm³/mol. The summed E-state index contributed by atoms with van der Waals surface area (Å²) < 4.78 is 6.60. The Bertz CT molecular complexity index is 601. The average Bonchev–Trinajstić information content (AvgIpc) is 2.67. The smallest absolute Gasteiger partial charge is 0.166 e. The number of hydrogen-bond donors (Lipinski definition) is 1. The summed E-state index contributed by atoms with van der Waals surface area (Å²) >= 11 is 3.38. The van der Waals surface area contributed by atoms with E-state index in [1.54, 1.807) is 0 Å². The maximum atomic E-state index is 12.4. The Morgan fingerprint density at radius 3 is 2.50 bits per heavy atom. The zero-order chi connectivity index (χ0) is 14.5. The lowest BCUT2D eigenvalue weighted by Crippen LogP contribution is -2.36. The molecule has 1 N–H and O–H groups in total. The van der Waals surface area contributed by atoms with Crippen LogP contribution in [0.15, 0.2) is 40.1 Å². The van der Waals surface area contributed by atoms with Gasteiger partial charge in [0, 0.05) is 17.3 Å². The van der Waals surface area contributed by atoms with Crippen LogP contribution < -0.4 is 0 Å². The van der Waals surface area contributed by atoms with Crippen LogP contribution in [0.3, 0.4) is 0 Å². The molecule has 1 heterocycles. The lowest BCUT2D eigenvalue weighted by molar-refractivity contribution is -0.120. The lowest BCUT2D eigenvalue weighted by atomic mass is 9.72. The highest BCUT2D eigenvalue weighted by Crippen LogP contribution is 2.48. The van der Waals surface area contributed by atoms with E-state index in [-0.39, 0.29) is 17.8 Å². The van der Waals surface area contributed by atoms with Gasteiger partial charge in [-0.05, 0) is 23.1 Å².